The SMILES string of the molecule is CCCc1noc(Cn2nnc(-c3cncc(Br)c3)n2)n1. The van der Waals surface area contributed by atoms with Crippen molar-refractivity contribution in [1.82, 2.24) is 35.3 Å². The van der Waals surface area contributed by atoms with Crippen LogP contribution < -0.4 is 0 Å². The van der Waals surface area contributed by atoms with Gasteiger partial charge in [0.15, 0.2) is 5.82 Å². The molecule has 21 heavy (non-hydrogen) atoms. The van der Waals surface area contributed by atoms with Crippen LogP contribution in [0.4, 0.5) is 0 Å². The Kier molecular flexibility index (Phi) is 4.00. The molecule has 9 heteroatoms. The van der Waals surface area contributed by atoms with Crippen molar-refractivity contribution in [3.05, 3.63) is 34.6 Å². The lowest BCUT2D eigenvalue weighted by atomic mass is 10.3. The molecule has 0 radical (unpaired) electrons. The van der Waals surface area contributed by atoms with E-state index in [4.69, 9.17) is 4.52 Å². The molecule has 3 aromatic heterocycles. The van der Waals surface area contributed by atoms with E-state index >= 15 is 0 Å². The molecular formula is C12H12BrN7O. The largest absolute Gasteiger partial charge is 0.337 e. The molecule has 0 N–H and O–H groups in total. The minimum Gasteiger partial charge on any atom is -0.337 e. The average molecular weight is 350 g/mol. The summed E-state index contributed by atoms with van der Waals surface area (Å²) < 4.78 is 6.00. The van der Waals surface area contributed by atoms with E-state index in [0.29, 0.717) is 24.1 Å². The van der Waals surface area contributed by atoms with Crippen molar-refractivity contribution in [2.24, 2.45) is 0 Å². The molecule has 0 saturated carbocycles. The van der Waals surface area contributed by atoms with Gasteiger partial charge in [0.2, 0.25) is 11.7 Å². The van der Waals surface area contributed by atoms with Gasteiger partial charge in [-0.1, -0.05) is 12.1 Å². The topological polar surface area (TPSA) is 95.4 Å². The summed E-state index contributed by atoms with van der Waals surface area (Å²) in [7, 11) is 0. The standard InChI is InChI=1S/C12H12BrN7O/c1-2-3-10-15-11(21-18-10)7-20-17-12(16-19-20)8-4-9(13)6-14-5-8/h4-6H,2-3,7H2,1H3. The van der Waals surface area contributed by atoms with Crippen molar-refractivity contribution < 1.29 is 4.52 Å². The summed E-state index contributed by atoms with van der Waals surface area (Å²) in [5.41, 5.74) is 0.785. The van der Waals surface area contributed by atoms with Gasteiger partial charge in [-0.3, -0.25) is 4.98 Å². The Morgan fingerprint density at radius 1 is 1.33 bits per heavy atom. The second-order valence-electron chi connectivity index (χ2n) is 4.39. The fourth-order valence-electron chi connectivity index (χ4n) is 1.76. The smallest absolute Gasteiger partial charge is 0.250 e. The zero-order valence-corrected chi connectivity index (χ0v) is 12.9. The lowest BCUT2D eigenvalue weighted by molar-refractivity contribution is 0.352. The molecule has 0 saturated heterocycles. The molecule has 3 aromatic rings. The van der Waals surface area contributed by atoms with Crippen LogP contribution in [0.5, 0.6) is 0 Å². The summed E-state index contributed by atoms with van der Waals surface area (Å²) in [6.45, 7) is 2.36. The van der Waals surface area contributed by atoms with Crippen LogP contribution in [0.15, 0.2) is 27.5 Å². The molecule has 0 atom stereocenters. The third kappa shape index (κ3) is 3.30. The quantitative estimate of drug-likeness (QED) is 0.693. The van der Waals surface area contributed by atoms with Crippen LogP contribution >= 0.6 is 15.9 Å². The minimum atomic E-state index is 0.297. The van der Waals surface area contributed by atoms with E-state index in [0.717, 1.165) is 22.9 Å². The van der Waals surface area contributed by atoms with Crippen molar-refractivity contribution in [3.63, 3.8) is 0 Å². The summed E-state index contributed by atoms with van der Waals surface area (Å²) in [6, 6.07) is 1.88. The van der Waals surface area contributed by atoms with Gasteiger partial charge in [-0.15, -0.1) is 10.2 Å². The normalized spacial score (nSPS) is 11.0. The summed E-state index contributed by atoms with van der Waals surface area (Å²) >= 11 is 3.36. The van der Waals surface area contributed by atoms with Gasteiger partial charge in [-0.25, -0.2) is 0 Å². The Balaban J connectivity index is 1.75. The fourth-order valence-corrected chi connectivity index (χ4v) is 2.13. The predicted molar refractivity (Wildman–Crippen MR) is 76.1 cm³/mol. The Bertz CT molecular complexity index is 739. The first-order valence-electron chi connectivity index (χ1n) is 6.45. The van der Waals surface area contributed by atoms with Gasteiger partial charge in [0.25, 0.3) is 0 Å². The van der Waals surface area contributed by atoms with Crippen LogP contribution in [0.2, 0.25) is 0 Å². The number of hydrogen-bond acceptors (Lipinski definition) is 7. The summed E-state index contributed by atoms with van der Waals surface area (Å²) in [6.07, 6.45) is 5.14. The third-order valence-corrected chi connectivity index (χ3v) is 3.11. The van der Waals surface area contributed by atoms with Crippen LogP contribution in [0.1, 0.15) is 25.1 Å². The highest BCUT2D eigenvalue weighted by atomic mass is 79.9. The zero-order chi connectivity index (χ0) is 14.7. The number of tetrazole rings is 1. The van der Waals surface area contributed by atoms with E-state index in [-0.39, 0.29) is 0 Å². The van der Waals surface area contributed by atoms with Gasteiger partial charge in [-0.2, -0.15) is 9.78 Å². The molecule has 0 amide bonds. The molecule has 0 aromatic carbocycles. The van der Waals surface area contributed by atoms with Gasteiger partial charge in [0.1, 0.15) is 6.54 Å². The molecular weight excluding hydrogens is 338 g/mol. The Morgan fingerprint density at radius 2 is 2.24 bits per heavy atom. The van der Waals surface area contributed by atoms with Crippen LogP contribution in [0, 0.1) is 0 Å². The van der Waals surface area contributed by atoms with Crippen LogP contribution in [0.25, 0.3) is 11.4 Å². The van der Waals surface area contributed by atoms with E-state index < -0.39 is 0 Å². The third-order valence-electron chi connectivity index (χ3n) is 2.68. The number of nitrogens with zero attached hydrogens (tertiary/aromatic N) is 7. The van der Waals surface area contributed by atoms with Gasteiger partial charge in [0, 0.05) is 28.9 Å². The van der Waals surface area contributed by atoms with Gasteiger partial charge < -0.3 is 4.52 Å². The van der Waals surface area contributed by atoms with E-state index in [1.807, 2.05) is 6.07 Å². The first-order valence-corrected chi connectivity index (χ1v) is 7.24. The van der Waals surface area contributed by atoms with Gasteiger partial charge >= 0.3 is 0 Å². The molecule has 8 nitrogen and oxygen atoms in total. The molecule has 0 spiro atoms. The predicted octanol–water partition coefficient (Wildman–Crippen LogP) is 1.88. The summed E-state index contributed by atoms with van der Waals surface area (Å²) in [4.78, 5) is 9.75. The maximum absolute atomic E-state index is 5.15. The molecule has 108 valence electrons. The number of rotatable bonds is 5. The first kappa shape index (κ1) is 13.8. The maximum atomic E-state index is 5.15. The van der Waals surface area contributed by atoms with Gasteiger partial charge in [0.05, 0.1) is 0 Å². The Morgan fingerprint density at radius 3 is 3.05 bits per heavy atom. The second kappa shape index (κ2) is 6.08. The highest BCUT2D eigenvalue weighted by Crippen LogP contribution is 2.17. The molecule has 0 unspecified atom stereocenters. The van der Waals surface area contributed by atoms with Crippen LogP contribution in [-0.4, -0.2) is 35.3 Å². The number of hydrogen-bond donors (Lipinski definition) is 0. The van der Waals surface area contributed by atoms with Crippen molar-refractivity contribution >= 4 is 15.9 Å². The fraction of sp³-hybridized carbons (Fsp3) is 0.333. The molecule has 3 heterocycles. The van der Waals surface area contributed by atoms with Crippen molar-refractivity contribution in [2.75, 3.05) is 0 Å². The molecule has 3 rings (SSSR count). The highest BCUT2D eigenvalue weighted by molar-refractivity contribution is 9.10. The second-order valence-corrected chi connectivity index (χ2v) is 5.31. The van der Waals surface area contributed by atoms with E-state index in [2.05, 4.69) is 53.4 Å². The maximum Gasteiger partial charge on any atom is 0.250 e. The lowest BCUT2D eigenvalue weighted by Crippen LogP contribution is -2.04. The Labute approximate surface area is 128 Å². The van der Waals surface area contributed by atoms with Crippen LogP contribution in [0.3, 0.4) is 0 Å². The first-order chi connectivity index (χ1) is 10.2. The number of pyridine rings is 1. The lowest BCUT2D eigenvalue weighted by Gasteiger charge is -1.94. The average Bonchev–Trinajstić information content (AvgIpc) is 3.10. The van der Waals surface area contributed by atoms with Crippen molar-refractivity contribution in [3.8, 4) is 11.4 Å². The summed E-state index contributed by atoms with van der Waals surface area (Å²) in [5, 5.41) is 16.1. The number of aryl methyl sites for hydroxylation is 1. The van der Waals surface area contributed by atoms with Crippen LogP contribution in [-0.2, 0) is 13.0 Å². The molecule has 0 aliphatic heterocycles. The Hall–Kier alpha value is -2.16. The summed E-state index contributed by atoms with van der Waals surface area (Å²) in [5.74, 6) is 1.66. The molecule has 0 fully saturated rings. The van der Waals surface area contributed by atoms with E-state index in [9.17, 15) is 0 Å². The highest BCUT2D eigenvalue weighted by Gasteiger charge is 2.11. The molecule has 0 aliphatic rings. The van der Waals surface area contributed by atoms with Gasteiger partial charge in [-0.05, 0) is 33.6 Å². The molecule has 0 bridgehead atoms. The van der Waals surface area contributed by atoms with E-state index in [1.54, 1.807) is 12.4 Å². The van der Waals surface area contributed by atoms with E-state index in [1.165, 1.54) is 4.80 Å². The number of aromatic nitrogens is 7. The minimum absolute atomic E-state index is 0.297. The zero-order valence-electron chi connectivity index (χ0n) is 11.3. The molecule has 0 aliphatic carbocycles. The van der Waals surface area contributed by atoms with Crippen molar-refractivity contribution in [1.29, 1.82) is 0 Å². The number of halogens is 1. The van der Waals surface area contributed by atoms with Crippen molar-refractivity contribution in [2.45, 2.75) is 26.3 Å². The monoisotopic (exact) mass is 349 g/mol.